The molecule has 82 valence electrons. The first-order chi connectivity index (χ1) is 6.34. The van der Waals surface area contributed by atoms with E-state index in [1.807, 2.05) is 39.5 Å². The highest BCUT2D eigenvalue weighted by molar-refractivity contribution is 5.82. The largest absolute Gasteiger partial charge is 0.377 e. The van der Waals surface area contributed by atoms with Gasteiger partial charge in [-0.1, -0.05) is 20.8 Å². The van der Waals surface area contributed by atoms with Gasteiger partial charge in [-0.3, -0.25) is 4.79 Å². The van der Waals surface area contributed by atoms with Crippen LogP contribution in [0.15, 0.2) is 0 Å². The topological polar surface area (TPSA) is 29.5 Å². The normalized spacial score (nSPS) is 29.1. The Hall–Kier alpha value is -0.570. The zero-order valence-corrected chi connectivity index (χ0v) is 9.83. The predicted octanol–water partition coefficient (Wildman–Crippen LogP) is 1.67. The van der Waals surface area contributed by atoms with Crippen LogP contribution in [0.4, 0.5) is 0 Å². The summed E-state index contributed by atoms with van der Waals surface area (Å²) < 4.78 is 5.39. The van der Waals surface area contributed by atoms with Gasteiger partial charge in [0.1, 0.15) is 0 Å². The summed E-state index contributed by atoms with van der Waals surface area (Å²) in [5, 5.41) is 0. The minimum atomic E-state index is -0.292. The fourth-order valence-corrected chi connectivity index (χ4v) is 1.79. The molecule has 1 saturated heterocycles. The molecule has 1 fully saturated rings. The molecule has 1 aliphatic rings. The van der Waals surface area contributed by atoms with Gasteiger partial charge < -0.3 is 9.64 Å². The van der Waals surface area contributed by atoms with E-state index in [0.29, 0.717) is 13.2 Å². The molecule has 0 N–H and O–H groups in total. The monoisotopic (exact) mass is 199 g/mol. The average molecular weight is 199 g/mol. The van der Waals surface area contributed by atoms with Crippen LogP contribution >= 0.6 is 0 Å². The lowest BCUT2D eigenvalue weighted by Crippen LogP contribution is -2.55. The molecule has 0 aliphatic carbocycles. The SMILES string of the molecule is CC1COCC(C)N1C(=O)C(C)(C)C. The summed E-state index contributed by atoms with van der Waals surface area (Å²) >= 11 is 0. The highest BCUT2D eigenvalue weighted by Crippen LogP contribution is 2.23. The minimum Gasteiger partial charge on any atom is -0.377 e. The van der Waals surface area contributed by atoms with E-state index in [1.54, 1.807) is 0 Å². The minimum absolute atomic E-state index is 0.200. The second kappa shape index (κ2) is 3.89. The van der Waals surface area contributed by atoms with Gasteiger partial charge in [-0.25, -0.2) is 0 Å². The molecular weight excluding hydrogens is 178 g/mol. The van der Waals surface area contributed by atoms with Gasteiger partial charge in [0.2, 0.25) is 5.91 Å². The molecule has 14 heavy (non-hydrogen) atoms. The van der Waals surface area contributed by atoms with Gasteiger partial charge >= 0.3 is 0 Å². The molecule has 3 heteroatoms. The summed E-state index contributed by atoms with van der Waals surface area (Å²) in [5.41, 5.74) is -0.292. The van der Waals surface area contributed by atoms with Crippen molar-refractivity contribution in [3.05, 3.63) is 0 Å². The lowest BCUT2D eigenvalue weighted by atomic mass is 9.93. The summed E-state index contributed by atoms with van der Waals surface area (Å²) in [7, 11) is 0. The third kappa shape index (κ3) is 2.27. The number of carbonyl (C=O) groups excluding carboxylic acids is 1. The molecule has 0 radical (unpaired) electrons. The number of amides is 1. The number of nitrogens with zero attached hydrogens (tertiary/aromatic N) is 1. The summed E-state index contributed by atoms with van der Waals surface area (Å²) in [4.78, 5) is 14.1. The Morgan fingerprint density at radius 1 is 1.21 bits per heavy atom. The van der Waals surface area contributed by atoms with E-state index in [9.17, 15) is 4.79 Å². The molecule has 0 bridgehead atoms. The van der Waals surface area contributed by atoms with Crippen molar-refractivity contribution >= 4 is 5.91 Å². The van der Waals surface area contributed by atoms with Gasteiger partial charge in [-0.15, -0.1) is 0 Å². The number of hydrogen-bond acceptors (Lipinski definition) is 2. The maximum atomic E-state index is 12.1. The Labute approximate surface area is 86.4 Å². The smallest absolute Gasteiger partial charge is 0.228 e. The third-order valence-corrected chi connectivity index (χ3v) is 2.54. The fraction of sp³-hybridized carbons (Fsp3) is 0.909. The lowest BCUT2D eigenvalue weighted by Gasteiger charge is -2.41. The van der Waals surface area contributed by atoms with E-state index < -0.39 is 0 Å². The molecule has 0 aromatic carbocycles. The lowest BCUT2D eigenvalue weighted by molar-refractivity contribution is -0.152. The van der Waals surface area contributed by atoms with Crippen LogP contribution in [0.3, 0.4) is 0 Å². The third-order valence-electron chi connectivity index (χ3n) is 2.54. The number of rotatable bonds is 0. The highest BCUT2D eigenvalue weighted by Gasteiger charge is 2.35. The maximum absolute atomic E-state index is 12.1. The summed E-state index contributed by atoms with van der Waals surface area (Å²) in [6, 6.07) is 0.399. The van der Waals surface area contributed by atoms with Gasteiger partial charge in [-0.05, 0) is 13.8 Å². The summed E-state index contributed by atoms with van der Waals surface area (Å²) in [6.45, 7) is 11.3. The second-order valence-electron chi connectivity index (χ2n) is 5.20. The van der Waals surface area contributed by atoms with Crippen molar-refractivity contribution < 1.29 is 9.53 Å². The molecule has 0 saturated carbocycles. The molecule has 0 spiro atoms. The van der Waals surface area contributed by atoms with Crippen LogP contribution in [-0.4, -0.2) is 36.1 Å². The number of morpholine rings is 1. The number of ether oxygens (including phenoxy) is 1. The molecule has 3 nitrogen and oxygen atoms in total. The van der Waals surface area contributed by atoms with Gasteiger partial charge in [-0.2, -0.15) is 0 Å². The van der Waals surface area contributed by atoms with E-state index in [4.69, 9.17) is 4.74 Å². The van der Waals surface area contributed by atoms with Crippen molar-refractivity contribution in [3.63, 3.8) is 0 Å². The summed E-state index contributed by atoms with van der Waals surface area (Å²) in [5.74, 6) is 0.223. The quantitative estimate of drug-likeness (QED) is 0.594. The van der Waals surface area contributed by atoms with E-state index in [-0.39, 0.29) is 23.4 Å². The average Bonchev–Trinajstić information content (AvgIpc) is 2.01. The molecule has 1 rings (SSSR count). The highest BCUT2D eigenvalue weighted by atomic mass is 16.5. The standard InChI is InChI=1S/C11H21NO2/c1-8-6-14-7-9(2)12(8)10(13)11(3,4)5/h8-9H,6-7H2,1-5H3. The number of carbonyl (C=O) groups is 1. The van der Waals surface area contributed by atoms with Crippen molar-refractivity contribution in [3.8, 4) is 0 Å². The van der Waals surface area contributed by atoms with E-state index >= 15 is 0 Å². The van der Waals surface area contributed by atoms with Gasteiger partial charge in [0.05, 0.1) is 25.3 Å². The Balaban J connectivity index is 2.78. The molecule has 1 amide bonds. The molecule has 2 atom stereocenters. The number of hydrogen-bond donors (Lipinski definition) is 0. The zero-order valence-electron chi connectivity index (χ0n) is 9.83. The molecule has 1 aliphatic heterocycles. The Morgan fingerprint density at radius 2 is 1.64 bits per heavy atom. The van der Waals surface area contributed by atoms with Crippen molar-refractivity contribution in [1.29, 1.82) is 0 Å². The first-order valence-corrected chi connectivity index (χ1v) is 5.24. The van der Waals surface area contributed by atoms with E-state index in [2.05, 4.69) is 0 Å². The van der Waals surface area contributed by atoms with Gasteiger partial charge in [0.25, 0.3) is 0 Å². The molecular formula is C11H21NO2. The fourth-order valence-electron chi connectivity index (χ4n) is 1.79. The van der Waals surface area contributed by atoms with Crippen molar-refractivity contribution in [2.45, 2.75) is 46.7 Å². The second-order valence-corrected chi connectivity index (χ2v) is 5.20. The van der Waals surface area contributed by atoms with Crippen LogP contribution in [0, 0.1) is 5.41 Å². The van der Waals surface area contributed by atoms with Crippen molar-refractivity contribution in [2.75, 3.05) is 13.2 Å². The van der Waals surface area contributed by atoms with Crippen molar-refractivity contribution in [2.24, 2.45) is 5.41 Å². The predicted molar refractivity (Wildman–Crippen MR) is 56.0 cm³/mol. The first-order valence-electron chi connectivity index (χ1n) is 5.24. The van der Waals surface area contributed by atoms with Gasteiger partial charge in [0, 0.05) is 5.41 Å². The van der Waals surface area contributed by atoms with Crippen LogP contribution in [0.1, 0.15) is 34.6 Å². The van der Waals surface area contributed by atoms with Crippen LogP contribution in [0.2, 0.25) is 0 Å². The van der Waals surface area contributed by atoms with Gasteiger partial charge in [0.15, 0.2) is 0 Å². The first kappa shape index (κ1) is 11.5. The van der Waals surface area contributed by atoms with Crippen LogP contribution < -0.4 is 0 Å². The van der Waals surface area contributed by atoms with Crippen molar-refractivity contribution in [1.82, 2.24) is 4.90 Å². The molecule has 0 aromatic rings. The van der Waals surface area contributed by atoms with Crippen LogP contribution in [-0.2, 0) is 9.53 Å². The summed E-state index contributed by atoms with van der Waals surface area (Å²) in [6.07, 6.45) is 0. The molecule has 2 unspecified atom stereocenters. The Morgan fingerprint density at radius 3 is 2.00 bits per heavy atom. The van der Waals surface area contributed by atoms with Crippen LogP contribution in [0.5, 0.6) is 0 Å². The zero-order chi connectivity index (χ0) is 10.9. The van der Waals surface area contributed by atoms with Crippen LogP contribution in [0.25, 0.3) is 0 Å². The Kier molecular flexibility index (Phi) is 3.20. The van der Waals surface area contributed by atoms with E-state index in [0.717, 1.165) is 0 Å². The van der Waals surface area contributed by atoms with E-state index in [1.165, 1.54) is 0 Å². The Bertz CT molecular complexity index is 210. The molecule has 1 heterocycles. The molecule has 0 aromatic heterocycles. The maximum Gasteiger partial charge on any atom is 0.228 e.